The summed E-state index contributed by atoms with van der Waals surface area (Å²) in [6.45, 7) is 0. The lowest BCUT2D eigenvalue weighted by atomic mass is 10.1. The van der Waals surface area contributed by atoms with Crippen molar-refractivity contribution < 1.29 is 23.5 Å². The van der Waals surface area contributed by atoms with Gasteiger partial charge in [0, 0.05) is 5.69 Å². The number of rotatable bonds is 6. The van der Waals surface area contributed by atoms with Gasteiger partial charge in [-0.15, -0.1) is 0 Å². The van der Waals surface area contributed by atoms with Gasteiger partial charge < -0.3 is 14.8 Å². The number of hydrogen-bond acceptors (Lipinski definition) is 6. The summed E-state index contributed by atoms with van der Waals surface area (Å²) < 4.78 is 22.5. The number of carbonyl (C=O) groups excluding carboxylic acids is 2. The van der Waals surface area contributed by atoms with Gasteiger partial charge in [-0.25, -0.2) is 19.0 Å². The molecule has 0 bridgehead atoms. The van der Waals surface area contributed by atoms with Crippen LogP contribution in [0, 0.1) is 5.82 Å². The van der Waals surface area contributed by atoms with Crippen LogP contribution in [0.1, 0.15) is 0 Å². The molecule has 25 heavy (non-hydrogen) atoms. The van der Waals surface area contributed by atoms with Crippen LogP contribution in [-0.2, 0) is 19.1 Å². The Bertz CT molecular complexity index is 760. The fourth-order valence-electron chi connectivity index (χ4n) is 2.05. The molecule has 0 spiro atoms. The third kappa shape index (κ3) is 4.87. The van der Waals surface area contributed by atoms with E-state index in [-0.39, 0.29) is 5.71 Å². The molecule has 7 heteroatoms. The standard InChI is InChI=1S/C18H17FN2O4/c1-24-17(22)15(20-13-6-4-3-5-7-13)16(18(23)25-2)21-14-10-8-12(19)9-11-14/h3-11,15,20H,1-2H3. The third-order valence-electron chi connectivity index (χ3n) is 3.27. The number of anilines is 1. The predicted octanol–water partition coefficient (Wildman–Crippen LogP) is 2.72. The van der Waals surface area contributed by atoms with Gasteiger partial charge in [-0.1, -0.05) is 18.2 Å². The van der Waals surface area contributed by atoms with Crippen molar-refractivity contribution in [1.82, 2.24) is 0 Å². The fraction of sp³-hybridized carbons (Fsp3) is 0.167. The maximum Gasteiger partial charge on any atom is 0.355 e. The first-order chi connectivity index (χ1) is 12.0. The summed E-state index contributed by atoms with van der Waals surface area (Å²) in [5, 5.41) is 2.90. The molecule has 0 aliphatic heterocycles. The van der Waals surface area contributed by atoms with Crippen LogP contribution in [0.4, 0.5) is 15.8 Å². The molecule has 1 N–H and O–H groups in total. The van der Waals surface area contributed by atoms with Crippen LogP contribution in [0.3, 0.4) is 0 Å². The molecule has 1 unspecified atom stereocenters. The van der Waals surface area contributed by atoms with Crippen LogP contribution in [0.15, 0.2) is 59.6 Å². The van der Waals surface area contributed by atoms with Crippen LogP contribution < -0.4 is 5.32 Å². The molecular weight excluding hydrogens is 327 g/mol. The lowest BCUT2D eigenvalue weighted by molar-refractivity contribution is -0.141. The number of hydrogen-bond donors (Lipinski definition) is 1. The highest BCUT2D eigenvalue weighted by Crippen LogP contribution is 2.16. The minimum atomic E-state index is -1.19. The van der Waals surface area contributed by atoms with Gasteiger partial charge in [0.25, 0.3) is 0 Å². The first kappa shape index (κ1) is 18.1. The topological polar surface area (TPSA) is 77.0 Å². The number of ether oxygens (including phenoxy) is 2. The summed E-state index contributed by atoms with van der Waals surface area (Å²) in [5.74, 6) is -1.95. The molecule has 0 amide bonds. The van der Waals surface area contributed by atoms with E-state index in [1.807, 2.05) is 6.07 Å². The predicted molar refractivity (Wildman–Crippen MR) is 91.4 cm³/mol. The van der Waals surface area contributed by atoms with Crippen LogP contribution in [0.25, 0.3) is 0 Å². The van der Waals surface area contributed by atoms with E-state index >= 15 is 0 Å². The summed E-state index contributed by atoms with van der Waals surface area (Å²) in [6.07, 6.45) is 0. The van der Waals surface area contributed by atoms with Crippen LogP contribution in [0.5, 0.6) is 0 Å². The molecule has 0 saturated heterocycles. The van der Waals surface area contributed by atoms with Gasteiger partial charge in [-0.05, 0) is 36.4 Å². The quantitative estimate of drug-likeness (QED) is 0.644. The Kier molecular flexibility index (Phi) is 6.22. The Balaban J connectivity index is 2.44. The molecule has 0 radical (unpaired) electrons. The summed E-state index contributed by atoms with van der Waals surface area (Å²) >= 11 is 0. The third-order valence-corrected chi connectivity index (χ3v) is 3.27. The summed E-state index contributed by atoms with van der Waals surface area (Å²) in [7, 11) is 2.38. The van der Waals surface area contributed by atoms with Gasteiger partial charge in [0.1, 0.15) is 5.82 Å². The Morgan fingerprint density at radius 1 is 1.00 bits per heavy atom. The molecule has 2 aromatic rings. The first-order valence-corrected chi connectivity index (χ1v) is 7.37. The number of nitrogens with zero attached hydrogens (tertiary/aromatic N) is 1. The molecule has 2 rings (SSSR count). The highest BCUT2D eigenvalue weighted by atomic mass is 19.1. The normalized spacial score (nSPS) is 12.2. The lowest BCUT2D eigenvalue weighted by Crippen LogP contribution is -2.42. The molecule has 6 nitrogen and oxygen atoms in total. The van der Waals surface area contributed by atoms with Gasteiger partial charge in [0.15, 0.2) is 11.8 Å². The smallest absolute Gasteiger partial charge is 0.355 e. The van der Waals surface area contributed by atoms with E-state index in [1.54, 1.807) is 24.3 Å². The second kappa shape index (κ2) is 8.58. The van der Waals surface area contributed by atoms with Crippen LogP contribution in [0.2, 0.25) is 0 Å². The largest absolute Gasteiger partial charge is 0.467 e. The number of carbonyl (C=O) groups is 2. The molecule has 130 valence electrons. The molecule has 0 aromatic heterocycles. The van der Waals surface area contributed by atoms with Gasteiger partial charge >= 0.3 is 11.9 Å². The molecule has 0 saturated carbocycles. The van der Waals surface area contributed by atoms with Crippen molar-refractivity contribution in [3.05, 3.63) is 60.4 Å². The molecule has 2 aromatic carbocycles. The second-order valence-corrected chi connectivity index (χ2v) is 4.93. The van der Waals surface area contributed by atoms with Crippen molar-refractivity contribution >= 4 is 29.0 Å². The Hall–Kier alpha value is -3.22. The van der Waals surface area contributed by atoms with E-state index in [1.165, 1.54) is 38.5 Å². The SMILES string of the molecule is COC(=O)C(=Nc1ccc(F)cc1)C(Nc1ccccc1)C(=O)OC. The van der Waals surface area contributed by atoms with Crippen molar-refractivity contribution in [2.75, 3.05) is 19.5 Å². The average molecular weight is 344 g/mol. The van der Waals surface area contributed by atoms with Crippen LogP contribution >= 0.6 is 0 Å². The Labute approximate surface area is 144 Å². The molecular formula is C18H17FN2O4. The zero-order valence-corrected chi connectivity index (χ0v) is 13.7. The van der Waals surface area contributed by atoms with E-state index in [2.05, 4.69) is 10.3 Å². The molecule has 0 aliphatic rings. The van der Waals surface area contributed by atoms with Gasteiger partial charge in [0.2, 0.25) is 0 Å². The number of para-hydroxylation sites is 1. The second-order valence-electron chi connectivity index (χ2n) is 4.93. The maximum atomic E-state index is 13.1. The van der Waals surface area contributed by atoms with E-state index in [4.69, 9.17) is 9.47 Å². The highest BCUT2D eigenvalue weighted by molar-refractivity contribution is 6.43. The summed E-state index contributed by atoms with van der Waals surface area (Å²) in [6, 6.07) is 12.8. The average Bonchev–Trinajstić information content (AvgIpc) is 2.65. The molecule has 1 atom stereocenters. The highest BCUT2D eigenvalue weighted by Gasteiger charge is 2.31. The van der Waals surface area contributed by atoms with Crippen molar-refractivity contribution in [2.45, 2.75) is 6.04 Å². The van der Waals surface area contributed by atoms with E-state index in [0.29, 0.717) is 11.4 Å². The van der Waals surface area contributed by atoms with E-state index in [9.17, 15) is 14.0 Å². The lowest BCUT2D eigenvalue weighted by Gasteiger charge is -2.18. The zero-order chi connectivity index (χ0) is 18.2. The van der Waals surface area contributed by atoms with Crippen molar-refractivity contribution in [3.63, 3.8) is 0 Å². The number of esters is 2. The van der Waals surface area contributed by atoms with E-state index < -0.39 is 23.8 Å². The summed E-state index contributed by atoms with van der Waals surface area (Å²) in [5.41, 5.74) is 0.684. The van der Waals surface area contributed by atoms with Crippen molar-refractivity contribution in [3.8, 4) is 0 Å². The number of aliphatic imine (C=N–C) groups is 1. The number of methoxy groups -OCH3 is 2. The van der Waals surface area contributed by atoms with Gasteiger partial charge in [0.05, 0.1) is 19.9 Å². The van der Waals surface area contributed by atoms with Crippen LogP contribution in [-0.4, -0.2) is 37.9 Å². The Morgan fingerprint density at radius 2 is 1.64 bits per heavy atom. The molecule has 0 fully saturated rings. The number of nitrogens with one attached hydrogen (secondary N) is 1. The molecule has 0 aliphatic carbocycles. The fourth-order valence-corrected chi connectivity index (χ4v) is 2.05. The van der Waals surface area contributed by atoms with E-state index in [0.717, 1.165) is 0 Å². The molecule has 0 heterocycles. The monoisotopic (exact) mass is 344 g/mol. The number of benzene rings is 2. The zero-order valence-electron chi connectivity index (χ0n) is 13.7. The minimum absolute atomic E-state index is 0.204. The van der Waals surface area contributed by atoms with Crippen molar-refractivity contribution in [1.29, 1.82) is 0 Å². The van der Waals surface area contributed by atoms with Gasteiger partial charge in [-0.3, -0.25) is 0 Å². The maximum absolute atomic E-state index is 13.1. The van der Waals surface area contributed by atoms with Crippen molar-refractivity contribution in [2.24, 2.45) is 4.99 Å². The number of halogens is 1. The summed E-state index contributed by atoms with van der Waals surface area (Å²) in [4.78, 5) is 28.5. The Morgan fingerprint density at radius 3 is 2.20 bits per heavy atom. The van der Waals surface area contributed by atoms with Gasteiger partial charge in [-0.2, -0.15) is 0 Å². The first-order valence-electron chi connectivity index (χ1n) is 7.37. The minimum Gasteiger partial charge on any atom is -0.467 e.